The van der Waals surface area contributed by atoms with E-state index in [2.05, 4.69) is 15.1 Å². The van der Waals surface area contributed by atoms with E-state index in [0.29, 0.717) is 48.3 Å². The highest BCUT2D eigenvalue weighted by atomic mass is 35.5. The third-order valence-electron chi connectivity index (χ3n) is 5.77. The smallest absolute Gasteiger partial charge is 0.369 e. The van der Waals surface area contributed by atoms with Gasteiger partial charge in [0.1, 0.15) is 0 Å². The zero-order chi connectivity index (χ0) is 23.5. The second-order valence-electron chi connectivity index (χ2n) is 8.38. The van der Waals surface area contributed by atoms with Gasteiger partial charge in [0, 0.05) is 51.0 Å². The first kappa shape index (κ1) is 25.1. The Morgan fingerprint density at radius 2 is 1.69 bits per heavy atom. The molecule has 2 aromatic rings. The molecule has 0 radical (unpaired) electrons. The first-order valence-corrected chi connectivity index (χ1v) is 11.3. The van der Waals surface area contributed by atoms with Gasteiger partial charge in [-0.1, -0.05) is 35.3 Å². The molecule has 176 valence electrons. The van der Waals surface area contributed by atoms with Crippen LogP contribution in [0.25, 0.3) is 0 Å². The van der Waals surface area contributed by atoms with Crippen LogP contribution in [-0.4, -0.2) is 63.7 Å². The van der Waals surface area contributed by atoms with Gasteiger partial charge in [0.05, 0.1) is 15.6 Å². The molecule has 0 aromatic heterocycles. The fraction of sp³-hybridized carbons (Fsp3) is 0.478. The van der Waals surface area contributed by atoms with Crippen molar-refractivity contribution >= 4 is 28.9 Å². The maximum atomic E-state index is 13.7. The molecule has 0 amide bonds. The molecule has 1 aliphatic heterocycles. The number of nitrogens with zero attached hydrogens (tertiary/aromatic N) is 3. The van der Waals surface area contributed by atoms with E-state index in [1.807, 2.05) is 38.2 Å². The largest absolute Gasteiger partial charge is 0.416 e. The Labute approximate surface area is 197 Å². The molecule has 1 fully saturated rings. The second-order valence-corrected chi connectivity index (χ2v) is 9.19. The normalized spacial score (nSPS) is 16.6. The number of hydrogen-bond acceptors (Lipinski definition) is 4. The molecular formula is C23H29Cl2F3N4. The highest BCUT2D eigenvalue weighted by Crippen LogP contribution is 2.34. The van der Waals surface area contributed by atoms with Gasteiger partial charge in [-0.25, -0.2) is 0 Å². The van der Waals surface area contributed by atoms with E-state index in [1.165, 1.54) is 6.07 Å². The highest BCUT2D eigenvalue weighted by Gasteiger charge is 2.34. The summed E-state index contributed by atoms with van der Waals surface area (Å²) in [5.41, 5.74) is 1.58. The topological polar surface area (TPSA) is 21.8 Å². The van der Waals surface area contributed by atoms with Crippen LogP contribution >= 0.6 is 23.2 Å². The van der Waals surface area contributed by atoms with E-state index in [-0.39, 0.29) is 12.6 Å². The molecule has 0 spiro atoms. The van der Waals surface area contributed by atoms with Crippen molar-refractivity contribution in [3.63, 3.8) is 0 Å². The van der Waals surface area contributed by atoms with Gasteiger partial charge in [0.25, 0.3) is 0 Å². The van der Waals surface area contributed by atoms with Gasteiger partial charge in [-0.05, 0) is 56.5 Å². The predicted octanol–water partition coefficient (Wildman–Crippen LogP) is 5.16. The first-order chi connectivity index (χ1) is 15.1. The van der Waals surface area contributed by atoms with Crippen LogP contribution in [0.15, 0.2) is 36.4 Å². The summed E-state index contributed by atoms with van der Waals surface area (Å²) in [7, 11) is 5.72. The molecule has 9 heteroatoms. The van der Waals surface area contributed by atoms with Crippen molar-refractivity contribution in [2.75, 3.05) is 58.8 Å². The van der Waals surface area contributed by atoms with Crippen molar-refractivity contribution in [1.82, 2.24) is 15.1 Å². The lowest BCUT2D eigenvalue weighted by Gasteiger charge is -2.36. The Morgan fingerprint density at radius 1 is 1.00 bits per heavy atom. The van der Waals surface area contributed by atoms with Crippen LogP contribution < -0.4 is 10.2 Å². The average Bonchev–Trinajstić information content (AvgIpc) is 2.73. The van der Waals surface area contributed by atoms with E-state index in [0.717, 1.165) is 11.3 Å². The summed E-state index contributed by atoms with van der Waals surface area (Å²) in [6.07, 6.45) is -4.38. The number of nitrogens with one attached hydrogen (secondary N) is 1. The maximum absolute atomic E-state index is 13.7. The summed E-state index contributed by atoms with van der Waals surface area (Å²) < 4.78 is 41.1. The summed E-state index contributed by atoms with van der Waals surface area (Å²) >= 11 is 12.1. The molecule has 0 aliphatic carbocycles. The lowest BCUT2D eigenvalue weighted by molar-refractivity contribution is -0.138. The summed E-state index contributed by atoms with van der Waals surface area (Å²) in [6.45, 7) is 3.70. The van der Waals surface area contributed by atoms with Crippen LogP contribution in [0.4, 0.5) is 18.9 Å². The molecule has 0 bridgehead atoms. The van der Waals surface area contributed by atoms with E-state index < -0.39 is 11.7 Å². The molecule has 32 heavy (non-hydrogen) atoms. The van der Waals surface area contributed by atoms with Gasteiger partial charge < -0.3 is 15.1 Å². The number of rotatable bonds is 7. The van der Waals surface area contributed by atoms with Crippen LogP contribution in [0.3, 0.4) is 0 Å². The summed E-state index contributed by atoms with van der Waals surface area (Å²) in [5, 5.41) is 4.21. The van der Waals surface area contributed by atoms with Crippen molar-refractivity contribution < 1.29 is 13.2 Å². The molecule has 1 N–H and O–H groups in total. The Balaban J connectivity index is 1.75. The van der Waals surface area contributed by atoms with E-state index in [4.69, 9.17) is 23.2 Å². The van der Waals surface area contributed by atoms with Crippen molar-refractivity contribution in [2.24, 2.45) is 0 Å². The number of benzene rings is 2. The first-order valence-electron chi connectivity index (χ1n) is 10.5. The lowest BCUT2D eigenvalue weighted by atomic mass is 9.98. The van der Waals surface area contributed by atoms with E-state index >= 15 is 0 Å². The van der Waals surface area contributed by atoms with Crippen LogP contribution in [-0.2, 0) is 12.7 Å². The Kier molecular flexibility index (Phi) is 8.33. The molecule has 1 saturated heterocycles. The van der Waals surface area contributed by atoms with Crippen LogP contribution in [0.2, 0.25) is 10.0 Å². The number of hydrogen-bond donors (Lipinski definition) is 1. The Bertz CT molecular complexity index is 913. The predicted molar refractivity (Wildman–Crippen MR) is 126 cm³/mol. The average molecular weight is 489 g/mol. The third-order valence-corrected chi connectivity index (χ3v) is 6.51. The molecule has 0 saturated carbocycles. The summed E-state index contributed by atoms with van der Waals surface area (Å²) in [5.74, 6) is 0. The SMILES string of the molecule is CNC(CN(C)C)c1ccc(C(F)(F)F)c(CN2CCN(c3ccc(Cl)c(Cl)c3)CC2)c1. The van der Waals surface area contributed by atoms with Crippen LogP contribution in [0.5, 0.6) is 0 Å². The molecule has 1 heterocycles. The van der Waals surface area contributed by atoms with Gasteiger partial charge in [0.15, 0.2) is 0 Å². The van der Waals surface area contributed by atoms with Crippen molar-refractivity contribution in [1.29, 1.82) is 0 Å². The van der Waals surface area contributed by atoms with Gasteiger partial charge >= 0.3 is 6.18 Å². The zero-order valence-electron chi connectivity index (χ0n) is 18.5. The number of alkyl halides is 3. The third kappa shape index (κ3) is 6.29. The minimum Gasteiger partial charge on any atom is -0.369 e. The second kappa shape index (κ2) is 10.6. The fourth-order valence-corrected chi connectivity index (χ4v) is 4.35. The summed E-state index contributed by atoms with van der Waals surface area (Å²) in [4.78, 5) is 6.26. The number of piperazine rings is 1. The van der Waals surface area contributed by atoms with E-state index in [9.17, 15) is 13.2 Å². The molecule has 1 aliphatic rings. The van der Waals surface area contributed by atoms with Gasteiger partial charge in [0.2, 0.25) is 0 Å². The van der Waals surface area contributed by atoms with Crippen LogP contribution in [0.1, 0.15) is 22.7 Å². The molecule has 1 atom stereocenters. The molecular weight excluding hydrogens is 460 g/mol. The van der Waals surface area contributed by atoms with Gasteiger partial charge in [-0.2, -0.15) is 13.2 Å². The molecule has 2 aromatic carbocycles. The molecule has 3 rings (SSSR count). The Hall–Kier alpha value is -1.51. The fourth-order valence-electron chi connectivity index (χ4n) is 4.05. The van der Waals surface area contributed by atoms with Gasteiger partial charge in [-0.3, -0.25) is 4.90 Å². The maximum Gasteiger partial charge on any atom is 0.416 e. The minimum absolute atomic E-state index is 0.0439. The standard InChI is InChI=1S/C23H29Cl2F3N4/c1-29-22(15-30(2)3)16-4-6-19(23(26,27)28)17(12-16)14-31-8-10-32(11-9-31)18-5-7-20(24)21(25)13-18/h4-7,12-13,22,29H,8-11,14-15H2,1-3H3. The molecule has 1 unspecified atom stereocenters. The van der Waals surface area contributed by atoms with Crippen molar-refractivity contribution in [3.05, 3.63) is 63.1 Å². The van der Waals surface area contributed by atoms with E-state index in [1.54, 1.807) is 18.2 Å². The number of halogens is 5. The minimum atomic E-state index is -4.38. The molecule has 4 nitrogen and oxygen atoms in total. The quantitative estimate of drug-likeness (QED) is 0.581. The number of anilines is 1. The Morgan fingerprint density at radius 3 is 2.25 bits per heavy atom. The highest BCUT2D eigenvalue weighted by molar-refractivity contribution is 6.42. The van der Waals surface area contributed by atoms with Gasteiger partial charge in [-0.15, -0.1) is 0 Å². The monoisotopic (exact) mass is 488 g/mol. The number of likely N-dealkylation sites (N-methyl/N-ethyl adjacent to an activating group) is 2. The van der Waals surface area contributed by atoms with Crippen molar-refractivity contribution in [3.8, 4) is 0 Å². The van der Waals surface area contributed by atoms with Crippen molar-refractivity contribution in [2.45, 2.75) is 18.8 Å². The summed E-state index contributed by atoms with van der Waals surface area (Å²) in [6, 6.07) is 9.97. The lowest BCUT2D eigenvalue weighted by Crippen LogP contribution is -2.46. The zero-order valence-corrected chi connectivity index (χ0v) is 20.0. The van der Waals surface area contributed by atoms with Crippen LogP contribution in [0, 0.1) is 0 Å².